The first-order valence-electron chi connectivity index (χ1n) is 11.1. The van der Waals surface area contributed by atoms with Gasteiger partial charge < -0.3 is 15.4 Å². The zero-order valence-electron chi connectivity index (χ0n) is 19.4. The van der Waals surface area contributed by atoms with Crippen LogP contribution in [0.2, 0.25) is 0 Å². The Kier molecular flexibility index (Phi) is 8.76. The summed E-state index contributed by atoms with van der Waals surface area (Å²) in [7, 11) is 0. The third kappa shape index (κ3) is 8.48. The number of nitrogens with one attached hydrogen (secondary N) is 2. The monoisotopic (exact) mass is 410 g/mol. The molecule has 1 atom stereocenters. The third-order valence-electron chi connectivity index (χ3n) is 4.74. The molecule has 0 aromatic heterocycles. The standard InChI is InChI=1S/C26H38N2O2/c1-7-8-20-9-11-21(12-10-20)22-13-15-23(16-14-22)27-18-24(17-19(2)3)28-25(29)30-26(4,5)6/h9-16,19,24,27H,7-8,17-18H2,1-6H3,(H,28,29)/t24-/m0/s1. The number of carbonyl (C=O) groups is 1. The second-order valence-electron chi connectivity index (χ2n) is 9.38. The van der Waals surface area contributed by atoms with Crippen molar-refractivity contribution < 1.29 is 9.53 Å². The van der Waals surface area contributed by atoms with Crippen LogP contribution in [0.15, 0.2) is 48.5 Å². The molecule has 2 rings (SSSR count). The number of carbonyl (C=O) groups excluding carboxylic acids is 1. The molecule has 4 heteroatoms. The van der Waals surface area contributed by atoms with Gasteiger partial charge in [-0.25, -0.2) is 4.79 Å². The quantitative estimate of drug-likeness (QED) is 0.486. The van der Waals surface area contributed by atoms with E-state index in [-0.39, 0.29) is 12.1 Å². The summed E-state index contributed by atoms with van der Waals surface area (Å²) in [6, 6.07) is 17.3. The molecule has 0 aliphatic carbocycles. The van der Waals surface area contributed by atoms with E-state index in [9.17, 15) is 4.79 Å². The zero-order valence-corrected chi connectivity index (χ0v) is 19.4. The fourth-order valence-electron chi connectivity index (χ4n) is 3.41. The molecular formula is C26H38N2O2. The minimum Gasteiger partial charge on any atom is -0.444 e. The summed E-state index contributed by atoms with van der Waals surface area (Å²) in [5.41, 5.74) is 4.36. The van der Waals surface area contributed by atoms with Gasteiger partial charge in [0.15, 0.2) is 0 Å². The van der Waals surface area contributed by atoms with Gasteiger partial charge in [0.05, 0.1) is 0 Å². The summed E-state index contributed by atoms with van der Waals surface area (Å²) in [6.07, 6.45) is 2.81. The number of amides is 1. The number of benzene rings is 2. The van der Waals surface area contributed by atoms with Crippen molar-refractivity contribution in [2.75, 3.05) is 11.9 Å². The normalized spacial score (nSPS) is 12.5. The van der Waals surface area contributed by atoms with Crippen molar-refractivity contribution in [2.24, 2.45) is 5.92 Å². The molecule has 0 heterocycles. The van der Waals surface area contributed by atoms with Crippen molar-refractivity contribution in [2.45, 2.75) is 72.4 Å². The molecule has 2 aromatic rings. The van der Waals surface area contributed by atoms with E-state index >= 15 is 0 Å². The van der Waals surface area contributed by atoms with Crippen LogP contribution < -0.4 is 10.6 Å². The maximum absolute atomic E-state index is 12.2. The van der Waals surface area contributed by atoms with E-state index in [4.69, 9.17) is 4.74 Å². The number of hydrogen-bond acceptors (Lipinski definition) is 3. The van der Waals surface area contributed by atoms with Gasteiger partial charge in [-0.15, -0.1) is 0 Å². The van der Waals surface area contributed by atoms with Crippen LogP contribution in [0.4, 0.5) is 10.5 Å². The first-order valence-corrected chi connectivity index (χ1v) is 11.1. The number of alkyl carbamates (subject to hydrolysis) is 1. The summed E-state index contributed by atoms with van der Waals surface area (Å²) in [4.78, 5) is 12.2. The summed E-state index contributed by atoms with van der Waals surface area (Å²) in [5, 5.41) is 6.46. The molecule has 0 saturated heterocycles. The smallest absolute Gasteiger partial charge is 0.407 e. The summed E-state index contributed by atoms with van der Waals surface area (Å²) in [6.45, 7) is 12.8. The Morgan fingerprint density at radius 3 is 2.03 bits per heavy atom. The summed E-state index contributed by atoms with van der Waals surface area (Å²) >= 11 is 0. The summed E-state index contributed by atoms with van der Waals surface area (Å²) in [5.74, 6) is 0.477. The van der Waals surface area contributed by atoms with Crippen molar-refractivity contribution in [3.63, 3.8) is 0 Å². The van der Waals surface area contributed by atoms with Gasteiger partial charge in [0.1, 0.15) is 5.60 Å². The lowest BCUT2D eigenvalue weighted by molar-refractivity contribution is 0.0502. The Balaban J connectivity index is 1.95. The van der Waals surface area contributed by atoms with Crippen molar-refractivity contribution in [1.82, 2.24) is 5.32 Å². The van der Waals surface area contributed by atoms with Gasteiger partial charge in [-0.05, 0) is 68.4 Å². The highest BCUT2D eigenvalue weighted by Crippen LogP contribution is 2.22. The molecule has 0 saturated carbocycles. The SMILES string of the molecule is CCCc1ccc(-c2ccc(NC[C@H](CC(C)C)NC(=O)OC(C)(C)C)cc2)cc1. The Morgan fingerprint density at radius 1 is 0.967 bits per heavy atom. The maximum atomic E-state index is 12.2. The van der Waals surface area contributed by atoms with Crippen molar-refractivity contribution >= 4 is 11.8 Å². The van der Waals surface area contributed by atoms with Gasteiger partial charge in [-0.1, -0.05) is 63.6 Å². The predicted octanol–water partition coefficient (Wildman–Crippen LogP) is 6.66. The van der Waals surface area contributed by atoms with E-state index in [1.54, 1.807) is 0 Å². The molecule has 0 fully saturated rings. The van der Waals surface area contributed by atoms with Gasteiger partial charge in [-0.2, -0.15) is 0 Å². The average Bonchev–Trinajstić information content (AvgIpc) is 2.65. The van der Waals surface area contributed by atoms with E-state index < -0.39 is 5.60 Å². The molecule has 0 unspecified atom stereocenters. The maximum Gasteiger partial charge on any atom is 0.407 e. The molecular weight excluding hydrogens is 372 g/mol. The van der Waals surface area contributed by atoms with E-state index in [0.29, 0.717) is 12.5 Å². The van der Waals surface area contributed by atoms with E-state index in [0.717, 1.165) is 18.5 Å². The second kappa shape index (κ2) is 11.1. The lowest BCUT2D eigenvalue weighted by atomic mass is 10.0. The van der Waals surface area contributed by atoms with Crippen LogP contribution in [0.25, 0.3) is 11.1 Å². The first-order chi connectivity index (χ1) is 14.2. The van der Waals surface area contributed by atoms with Crippen LogP contribution in [-0.4, -0.2) is 24.3 Å². The molecule has 0 spiro atoms. The fourth-order valence-corrected chi connectivity index (χ4v) is 3.41. The van der Waals surface area contributed by atoms with Crippen LogP contribution >= 0.6 is 0 Å². The van der Waals surface area contributed by atoms with E-state index in [2.05, 4.69) is 79.9 Å². The Morgan fingerprint density at radius 2 is 1.53 bits per heavy atom. The zero-order chi connectivity index (χ0) is 22.1. The largest absolute Gasteiger partial charge is 0.444 e. The molecule has 0 aliphatic rings. The van der Waals surface area contributed by atoms with Gasteiger partial charge in [0.2, 0.25) is 0 Å². The Hall–Kier alpha value is -2.49. The molecule has 2 aromatic carbocycles. The molecule has 0 radical (unpaired) electrons. The predicted molar refractivity (Wildman–Crippen MR) is 127 cm³/mol. The lowest BCUT2D eigenvalue weighted by Gasteiger charge is -2.25. The molecule has 1 amide bonds. The van der Waals surface area contributed by atoms with E-state index in [1.807, 2.05) is 20.8 Å². The van der Waals surface area contributed by atoms with Crippen molar-refractivity contribution in [1.29, 1.82) is 0 Å². The van der Waals surface area contributed by atoms with Crippen molar-refractivity contribution in [3.05, 3.63) is 54.1 Å². The van der Waals surface area contributed by atoms with Gasteiger partial charge in [-0.3, -0.25) is 0 Å². The van der Waals surface area contributed by atoms with Crippen LogP contribution in [0.1, 0.15) is 59.9 Å². The molecule has 2 N–H and O–H groups in total. The van der Waals surface area contributed by atoms with Crippen LogP contribution in [0, 0.1) is 5.92 Å². The van der Waals surface area contributed by atoms with Crippen LogP contribution in [0.3, 0.4) is 0 Å². The van der Waals surface area contributed by atoms with Crippen molar-refractivity contribution in [3.8, 4) is 11.1 Å². The lowest BCUT2D eigenvalue weighted by Crippen LogP contribution is -2.43. The average molecular weight is 411 g/mol. The third-order valence-corrected chi connectivity index (χ3v) is 4.74. The minimum absolute atomic E-state index is 0.00522. The fraction of sp³-hybridized carbons (Fsp3) is 0.500. The topological polar surface area (TPSA) is 50.4 Å². The summed E-state index contributed by atoms with van der Waals surface area (Å²) < 4.78 is 5.41. The molecule has 0 aliphatic heterocycles. The Bertz CT molecular complexity index is 774. The van der Waals surface area contributed by atoms with Gasteiger partial charge in [0.25, 0.3) is 0 Å². The number of rotatable bonds is 9. The first kappa shape index (κ1) is 23.8. The molecule has 4 nitrogen and oxygen atoms in total. The molecule has 164 valence electrons. The molecule has 0 bridgehead atoms. The number of aryl methyl sites for hydroxylation is 1. The van der Waals surface area contributed by atoms with E-state index in [1.165, 1.54) is 23.1 Å². The Labute approximate surface area is 182 Å². The second-order valence-corrected chi connectivity index (χ2v) is 9.38. The van der Waals surface area contributed by atoms with Gasteiger partial charge in [0, 0.05) is 18.3 Å². The van der Waals surface area contributed by atoms with Crippen LogP contribution in [-0.2, 0) is 11.2 Å². The number of hydrogen-bond donors (Lipinski definition) is 2. The van der Waals surface area contributed by atoms with Gasteiger partial charge >= 0.3 is 6.09 Å². The highest BCUT2D eigenvalue weighted by molar-refractivity contribution is 5.68. The molecule has 30 heavy (non-hydrogen) atoms. The minimum atomic E-state index is -0.496. The highest BCUT2D eigenvalue weighted by Gasteiger charge is 2.20. The van der Waals surface area contributed by atoms with Crippen LogP contribution in [0.5, 0.6) is 0 Å². The highest BCUT2D eigenvalue weighted by atomic mass is 16.6. The number of anilines is 1. The number of ether oxygens (including phenoxy) is 1.